The highest BCUT2D eigenvalue weighted by molar-refractivity contribution is 7.19. The number of nitrogens with zero attached hydrogens (tertiary/aromatic N) is 3. The van der Waals surface area contributed by atoms with Crippen LogP contribution in [0.25, 0.3) is 10.5 Å². The molecule has 0 atom stereocenters. The molecule has 0 aromatic carbocycles. The molecule has 0 aliphatic rings. The maximum absolute atomic E-state index is 10.3. The molecule has 0 aliphatic carbocycles. The van der Waals surface area contributed by atoms with Crippen LogP contribution in [0.4, 0.5) is 0 Å². The highest BCUT2D eigenvalue weighted by Crippen LogP contribution is 2.14. The number of carbonyl (C=O) groups is 1. The number of hydrogen-bond acceptors (Lipinski definition) is 5. The van der Waals surface area contributed by atoms with Crippen LogP contribution in [0.2, 0.25) is 0 Å². The summed E-state index contributed by atoms with van der Waals surface area (Å²) >= 11 is 1.24. The summed E-state index contributed by atoms with van der Waals surface area (Å²) in [5.74, 6) is 0. The molecule has 0 fully saturated rings. The summed E-state index contributed by atoms with van der Waals surface area (Å²) in [6, 6.07) is 0. The number of aldehydes is 1. The van der Waals surface area contributed by atoms with Crippen molar-refractivity contribution < 1.29 is 4.79 Å². The first-order valence-corrected chi connectivity index (χ1v) is 3.74. The van der Waals surface area contributed by atoms with E-state index >= 15 is 0 Å². The molecule has 2 heterocycles. The van der Waals surface area contributed by atoms with Gasteiger partial charge in [-0.3, -0.25) is 4.79 Å². The van der Waals surface area contributed by atoms with Crippen molar-refractivity contribution in [3.63, 3.8) is 0 Å². The summed E-state index contributed by atoms with van der Waals surface area (Å²) in [6.07, 6.45) is 3.83. The van der Waals surface area contributed by atoms with Crippen molar-refractivity contribution in [3.05, 3.63) is 17.4 Å². The lowest BCUT2D eigenvalue weighted by molar-refractivity contribution is 0.112. The van der Waals surface area contributed by atoms with Crippen molar-refractivity contribution in [1.82, 2.24) is 15.0 Å². The second kappa shape index (κ2) is 2.35. The van der Waals surface area contributed by atoms with Crippen LogP contribution < -0.4 is 0 Å². The van der Waals surface area contributed by atoms with E-state index in [4.69, 9.17) is 0 Å². The molecule has 5 heteroatoms. The molecule has 0 N–H and O–H groups in total. The second-order valence-electron chi connectivity index (χ2n) is 1.86. The topological polar surface area (TPSA) is 55.7 Å². The molecule has 0 aliphatic heterocycles. The molecule has 0 radical (unpaired) electrons. The fourth-order valence-corrected chi connectivity index (χ4v) is 1.42. The van der Waals surface area contributed by atoms with E-state index in [1.807, 2.05) is 0 Å². The first kappa shape index (κ1) is 6.36. The summed E-state index contributed by atoms with van der Waals surface area (Å²) in [6.45, 7) is 0. The Morgan fingerprint density at radius 2 is 2.18 bits per heavy atom. The van der Waals surface area contributed by atoms with E-state index in [0.717, 1.165) is 0 Å². The minimum Gasteiger partial charge on any atom is -0.295 e. The largest absolute Gasteiger partial charge is 0.295 e. The Bertz CT molecular complexity index is 364. The molecule has 0 amide bonds. The molecular weight excluding hydrogens is 162 g/mol. The van der Waals surface area contributed by atoms with Crippen molar-refractivity contribution in [1.29, 1.82) is 0 Å². The highest BCUT2D eigenvalue weighted by Gasteiger charge is 2.02. The minimum absolute atomic E-state index is 0.422. The first-order valence-electron chi connectivity index (χ1n) is 2.93. The average molecular weight is 165 g/mol. The normalized spacial score (nSPS) is 10.2. The Balaban J connectivity index is 2.78. The van der Waals surface area contributed by atoms with Gasteiger partial charge < -0.3 is 0 Å². The Morgan fingerprint density at radius 1 is 1.36 bits per heavy atom. The lowest BCUT2D eigenvalue weighted by Gasteiger charge is -1.79. The molecule has 0 saturated heterocycles. The summed E-state index contributed by atoms with van der Waals surface area (Å²) in [4.78, 5) is 22.8. The third kappa shape index (κ3) is 0.988. The Hall–Kier alpha value is -1.36. The molecule has 54 valence electrons. The van der Waals surface area contributed by atoms with Gasteiger partial charge in [-0.25, -0.2) is 15.0 Å². The zero-order valence-corrected chi connectivity index (χ0v) is 6.21. The Kier molecular flexibility index (Phi) is 1.36. The van der Waals surface area contributed by atoms with Crippen LogP contribution in [0.5, 0.6) is 0 Å². The van der Waals surface area contributed by atoms with E-state index in [1.54, 1.807) is 12.4 Å². The minimum atomic E-state index is 0.422. The van der Waals surface area contributed by atoms with E-state index in [0.29, 0.717) is 21.8 Å². The third-order valence-corrected chi connectivity index (χ3v) is 2.04. The third-order valence-electron chi connectivity index (χ3n) is 1.16. The number of rotatable bonds is 1. The Morgan fingerprint density at radius 3 is 2.91 bits per heavy atom. The van der Waals surface area contributed by atoms with Crippen LogP contribution in [0.3, 0.4) is 0 Å². The van der Waals surface area contributed by atoms with Gasteiger partial charge in [-0.05, 0) is 0 Å². The van der Waals surface area contributed by atoms with Gasteiger partial charge in [-0.15, -0.1) is 0 Å². The molecule has 0 bridgehead atoms. The fraction of sp³-hybridized carbons (Fsp3) is 0. The number of carbonyl (C=O) groups excluding carboxylic acids is 1. The van der Waals surface area contributed by atoms with Gasteiger partial charge in [0, 0.05) is 12.4 Å². The predicted molar refractivity (Wildman–Crippen MR) is 40.6 cm³/mol. The summed E-state index contributed by atoms with van der Waals surface area (Å²) in [7, 11) is 0. The van der Waals surface area contributed by atoms with Gasteiger partial charge >= 0.3 is 0 Å². The molecule has 0 spiro atoms. The summed E-state index contributed by atoms with van der Waals surface area (Å²) in [5, 5.41) is 0.422. The van der Waals surface area contributed by atoms with Crippen molar-refractivity contribution in [2.24, 2.45) is 0 Å². The van der Waals surface area contributed by atoms with Crippen LogP contribution in [-0.4, -0.2) is 21.2 Å². The Labute approximate surface area is 65.9 Å². The van der Waals surface area contributed by atoms with Gasteiger partial charge in [0.05, 0.1) is 0 Å². The number of thiazole rings is 1. The molecule has 2 aromatic heterocycles. The highest BCUT2D eigenvalue weighted by atomic mass is 32.1. The second-order valence-corrected chi connectivity index (χ2v) is 2.86. The number of aromatic nitrogens is 3. The van der Waals surface area contributed by atoms with Crippen molar-refractivity contribution in [3.8, 4) is 0 Å². The van der Waals surface area contributed by atoms with E-state index in [9.17, 15) is 4.79 Å². The quantitative estimate of drug-likeness (QED) is 0.589. The standard InChI is InChI=1S/C6H3N3OS/c10-3-4-9-5-6(11-4)8-2-1-7-5/h1-3H. The number of fused-ring (bicyclic) bond motifs is 1. The number of hydrogen-bond donors (Lipinski definition) is 0. The van der Waals surface area contributed by atoms with E-state index in [2.05, 4.69) is 15.0 Å². The van der Waals surface area contributed by atoms with Crippen LogP contribution in [0, 0.1) is 0 Å². The molecule has 0 unspecified atom stereocenters. The van der Waals surface area contributed by atoms with Crippen molar-refractivity contribution in [2.75, 3.05) is 0 Å². The van der Waals surface area contributed by atoms with Gasteiger partial charge in [0.25, 0.3) is 0 Å². The fourth-order valence-electron chi connectivity index (χ4n) is 0.743. The van der Waals surface area contributed by atoms with Crippen LogP contribution in [-0.2, 0) is 0 Å². The van der Waals surface area contributed by atoms with Crippen LogP contribution >= 0.6 is 11.3 Å². The molecule has 4 nitrogen and oxygen atoms in total. The predicted octanol–water partition coefficient (Wildman–Crippen LogP) is 0.899. The molecule has 2 rings (SSSR count). The summed E-state index contributed by atoms with van der Waals surface area (Å²) in [5.41, 5.74) is 0.541. The SMILES string of the molecule is O=Cc1nc2nccnc2s1. The van der Waals surface area contributed by atoms with Crippen molar-refractivity contribution >= 4 is 28.1 Å². The van der Waals surface area contributed by atoms with Crippen molar-refractivity contribution in [2.45, 2.75) is 0 Å². The van der Waals surface area contributed by atoms with Gasteiger partial charge in [-0.2, -0.15) is 0 Å². The monoisotopic (exact) mass is 165 g/mol. The molecule has 11 heavy (non-hydrogen) atoms. The van der Waals surface area contributed by atoms with E-state index < -0.39 is 0 Å². The van der Waals surface area contributed by atoms with Crippen LogP contribution in [0.15, 0.2) is 12.4 Å². The van der Waals surface area contributed by atoms with Gasteiger partial charge in [0.2, 0.25) is 0 Å². The molecular formula is C6H3N3OS. The maximum atomic E-state index is 10.3. The van der Waals surface area contributed by atoms with Crippen LogP contribution in [0.1, 0.15) is 9.80 Å². The zero-order valence-electron chi connectivity index (χ0n) is 5.39. The molecule has 0 saturated carbocycles. The van der Waals surface area contributed by atoms with E-state index in [-0.39, 0.29) is 0 Å². The summed E-state index contributed by atoms with van der Waals surface area (Å²) < 4.78 is 0. The van der Waals surface area contributed by atoms with Gasteiger partial charge in [0.1, 0.15) is 0 Å². The average Bonchev–Trinajstić information content (AvgIpc) is 2.46. The lowest BCUT2D eigenvalue weighted by atomic mass is 10.7. The zero-order chi connectivity index (χ0) is 7.68. The van der Waals surface area contributed by atoms with Gasteiger partial charge in [-0.1, -0.05) is 11.3 Å². The maximum Gasteiger partial charge on any atom is 0.190 e. The first-order chi connectivity index (χ1) is 5.40. The van der Waals surface area contributed by atoms with Gasteiger partial charge in [0.15, 0.2) is 21.8 Å². The van der Waals surface area contributed by atoms with E-state index in [1.165, 1.54) is 11.3 Å². The smallest absolute Gasteiger partial charge is 0.190 e. The lowest BCUT2D eigenvalue weighted by Crippen LogP contribution is -1.77. The molecule has 2 aromatic rings.